The quantitative estimate of drug-likeness (QED) is 0.250. The van der Waals surface area contributed by atoms with Crippen LogP contribution in [-0.2, 0) is 11.0 Å². The van der Waals surface area contributed by atoms with Crippen molar-refractivity contribution in [2.24, 2.45) is 0 Å². The van der Waals surface area contributed by atoms with Crippen molar-refractivity contribution in [1.29, 1.82) is 0 Å². The lowest BCUT2D eigenvalue weighted by molar-refractivity contribution is 0.237. The van der Waals surface area contributed by atoms with Crippen molar-refractivity contribution in [2.75, 3.05) is 36.8 Å². The molecule has 0 saturated carbocycles. The van der Waals surface area contributed by atoms with Crippen molar-refractivity contribution in [3.63, 3.8) is 0 Å². The maximum absolute atomic E-state index is 15.0. The van der Waals surface area contributed by atoms with Crippen molar-refractivity contribution in [1.82, 2.24) is 14.2 Å². The number of urea groups is 1. The molecule has 12 heteroatoms. The summed E-state index contributed by atoms with van der Waals surface area (Å²) in [7, 11) is -1.80. The van der Waals surface area contributed by atoms with E-state index in [1.54, 1.807) is 24.3 Å². The van der Waals surface area contributed by atoms with Gasteiger partial charge >= 0.3 is 6.03 Å². The minimum absolute atomic E-state index is 0.0494. The summed E-state index contributed by atoms with van der Waals surface area (Å²) in [6.07, 6.45) is 5.36. The van der Waals surface area contributed by atoms with E-state index in [1.165, 1.54) is 42.2 Å². The number of thiophene rings is 1. The van der Waals surface area contributed by atoms with E-state index in [1.807, 2.05) is 12.1 Å². The number of anilines is 2. The highest BCUT2D eigenvalue weighted by atomic mass is 35.5. The Morgan fingerprint density at radius 2 is 1.82 bits per heavy atom. The Labute approximate surface area is 236 Å². The average Bonchev–Trinajstić information content (AvgIpc) is 3.36. The number of carbonyl (C=O) groups excluding carboxylic acids is 1. The van der Waals surface area contributed by atoms with Crippen molar-refractivity contribution in [3.8, 4) is 5.69 Å². The van der Waals surface area contributed by atoms with Crippen LogP contribution in [0.5, 0.6) is 0 Å². The van der Waals surface area contributed by atoms with E-state index in [4.69, 9.17) is 11.6 Å². The number of aromatic nitrogens is 1. The molecular formula is C27H27ClFN5O3S2. The highest BCUT2D eigenvalue weighted by molar-refractivity contribution is 7.86. The normalized spacial score (nSPS) is 14.7. The van der Waals surface area contributed by atoms with E-state index in [9.17, 15) is 13.8 Å². The van der Waals surface area contributed by atoms with Gasteiger partial charge in [0.05, 0.1) is 10.0 Å². The molecule has 0 aliphatic carbocycles. The second-order valence-corrected chi connectivity index (χ2v) is 12.3. The minimum Gasteiger partial charge on any atom is -0.384 e. The zero-order valence-electron chi connectivity index (χ0n) is 20.9. The Hall–Kier alpha value is -3.25. The third-order valence-electron chi connectivity index (χ3n) is 6.49. The molecule has 3 N–H and O–H groups in total. The van der Waals surface area contributed by atoms with Crippen LogP contribution in [0.4, 0.5) is 20.6 Å². The maximum atomic E-state index is 15.0. The molecule has 8 nitrogen and oxygen atoms in total. The second kappa shape index (κ2) is 12.3. The molecule has 5 rings (SSSR count). The first kappa shape index (κ1) is 27.3. The Morgan fingerprint density at radius 3 is 2.56 bits per heavy atom. The average molecular weight is 588 g/mol. The molecule has 2 amide bonds. The van der Waals surface area contributed by atoms with Gasteiger partial charge < -0.3 is 15.5 Å². The van der Waals surface area contributed by atoms with E-state index in [0.717, 1.165) is 54.7 Å². The molecule has 3 heterocycles. The lowest BCUT2D eigenvalue weighted by Crippen LogP contribution is -2.33. The molecule has 204 valence electrons. The largest absolute Gasteiger partial charge is 0.384 e. The number of rotatable bonds is 8. The fourth-order valence-corrected chi connectivity index (χ4v) is 6.68. The highest BCUT2D eigenvalue weighted by Crippen LogP contribution is 2.24. The second-order valence-electron chi connectivity index (χ2n) is 9.17. The van der Waals surface area contributed by atoms with E-state index >= 15 is 4.39 Å². The molecule has 1 aliphatic rings. The van der Waals surface area contributed by atoms with Crippen LogP contribution in [0.2, 0.25) is 4.34 Å². The van der Waals surface area contributed by atoms with Gasteiger partial charge in [-0.2, -0.15) is 0 Å². The molecule has 39 heavy (non-hydrogen) atoms. The number of fused-ring (bicyclic) bond motifs is 1. The number of piperidine rings is 1. The highest BCUT2D eigenvalue weighted by Gasteiger charge is 2.14. The molecule has 2 aromatic carbocycles. The van der Waals surface area contributed by atoms with Crippen LogP contribution in [0.1, 0.15) is 19.3 Å². The fraction of sp³-hybridized carbons (Fsp3) is 0.259. The molecule has 0 radical (unpaired) electrons. The first-order valence-corrected chi connectivity index (χ1v) is 14.9. The van der Waals surface area contributed by atoms with E-state index in [0.29, 0.717) is 13.9 Å². The topological polar surface area (TPSA) is 95.5 Å². The third kappa shape index (κ3) is 6.67. The predicted octanol–water partition coefficient (Wildman–Crippen LogP) is 5.59. The van der Waals surface area contributed by atoms with E-state index in [-0.39, 0.29) is 16.9 Å². The number of benzene rings is 2. The van der Waals surface area contributed by atoms with Gasteiger partial charge in [-0.15, -0.1) is 11.3 Å². The Bertz CT molecular complexity index is 1590. The van der Waals surface area contributed by atoms with Gasteiger partial charge in [-0.25, -0.2) is 13.4 Å². The monoisotopic (exact) mass is 587 g/mol. The van der Waals surface area contributed by atoms with Crippen molar-refractivity contribution in [3.05, 3.63) is 81.3 Å². The van der Waals surface area contributed by atoms with Gasteiger partial charge in [0, 0.05) is 36.0 Å². The lowest BCUT2D eigenvalue weighted by Gasteiger charge is -2.26. The molecule has 1 fully saturated rings. The van der Waals surface area contributed by atoms with Gasteiger partial charge in [0.25, 0.3) is 5.56 Å². The predicted molar refractivity (Wildman–Crippen MR) is 156 cm³/mol. The zero-order valence-corrected chi connectivity index (χ0v) is 23.3. The Kier molecular flexibility index (Phi) is 8.61. The third-order valence-corrected chi connectivity index (χ3v) is 9.09. The van der Waals surface area contributed by atoms with Crippen LogP contribution in [-0.4, -0.2) is 45.9 Å². The number of nitrogens with one attached hydrogen (secondary N) is 3. The number of pyridine rings is 1. The first-order valence-electron chi connectivity index (χ1n) is 12.5. The molecule has 1 unspecified atom stereocenters. The van der Waals surface area contributed by atoms with E-state index in [2.05, 4.69) is 20.3 Å². The number of nitrogens with zero attached hydrogens (tertiary/aromatic N) is 2. The van der Waals surface area contributed by atoms with Crippen LogP contribution >= 0.6 is 22.9 Å². The minimum atomic E-state index is -1.80. The lowest BCUT2D eigenvalue weighted by atomic mass is 10.1. The molecule has 2 aromatic heterocycles. The van der Waals surface area contributed by atoms with Gasteiger partial charge in [0.1, 0.15) is 10.0 Å². The Morgan fingerprint density at radius 1 is 1.03 bits per heavy atom. The summed E-state index contributed by atoms with van der Waals surface area (Å²) in [4.78, 5) is 27.9. The summed E-state index contributed by atoms with van der Waals surface area (Å²) in [5.74, 6) is -0.698. The van der Waals surface area contributed by atoms with Gasteiger partial charge in [0.15, 0.2) is 11.0 Å². The standard InChI is InChI=1S/C27H27ClFN5O3S2/c28-24-8-9-25(38-24)39(37)32-27(36)31-20-5-7-23(22(29)17-20)34-14-10-18-16-19(4-6-21(18)26(34)35)30-11-15-33-12-2-1-3-13-33/h4-10,14,16-17,30H,1-3,11-13,15H2,(H2,31,32,36). The molecule has 1 aliphatic heterocycles. The van der Waals surface area contributed by atoms with Crippen LogP contribution < -0.4 is 20.9 Å². The van der Waals surface area contributed by atoms with Crippen molar-refractivity contribution in [2.45, 2.75) is 23.5 Å². The van der Waals surface area contributed by atoms with Gasteiger partial charge in [-0.1, -0.05) is 18.0 Å². The SMILES string of the molecule is O=C(Nc1ccc(-n2ccc3cc(NCCN4CCCCC4)ccc3c2=O)c(F)c1)NS(=O)c1ccc(Cl)s1. The van der Waals surface area contributed by atoms with Crippen LogP contribution in [0.15, 0.2) is 69.8 Å². The maximum Gasteiger partial charge on any atom is 0.331 e. The van der Waals surface area contributed by atoms with Crippen molar-refractivity contribution < 1.29 is 13.4 Å². The number of carbonyl (C=O) groups is 1. The fourth-order valence-electron chi connectivity index (χ4n) is 4.56. The van der Waals surface area contributed by atoms with E-state index < -0.39 is 22.8 Å². The van der Waals surface area contributed by atoms with Crippen LogP contribution in [0, 0.1) is 5.82 Å². The first-order chi connectivity index (χ1) is 18.9. The molecule has 0 bridgehead atoms. The molecule has 4 aromatic rings. The summed E-state index contributed by atoms with van der Waals surface area (Å²) in [6.45, 7) is 4.09. The molecular weight excluding hydrogens is 561 g/mol. The summed E-state index contributed by atoms with van der Waals surface area (Å²) in [5, 5.41) is 7.10. The zero-order chi connectivity index (χ0) is 27.4. The summed E-state index contributed by atoms with van der Waals surface area (Å²) in [6, 6.07) is 13.6. The summed E-state index contributed by atoms with van der Waals surface area (Å²) >= 11 is 6.91. The molecule has 1 saturated heterocycles. The van der Waals surface area contributed by atoms with Crippen LogP contribution in [0.3, 0.4) is 0 Å². The number of hydrogen-bond acceptors (Lipinski definition) is 6. The number of amides is 2. The summed E-state index contributed by atoms with van der Waals surface area (Å²) < 4.78 is 31.6. The number of likely N-dealkylation sites (tertiary alicyclic amines) is 1. The van der Waals surface area contributed by atoms with Gasteiger partial charge in [-0.3, -0.25) is 14.1 Å². The van der Waals surface area contributed by atoms with Crippen molar-refractivity contribution >= 4 is 62.1 Å². The molecule has 1 atom stereocenters. The van der Waals surface area contributed by atoms with Gasteiger partial charge in [-0.05, 0) is 85.9 Å². The molecule has 0 spiro atoms. The summed E-state index contributed by atoms with van der Waals surface area (Å²) in [5.41, 5.74) is 0.770. The number of halogens is 2. The van der Waals surface area contributed by atoms with Crippen LogP contribution in [0.25, 0.3) is 16.5 Å². The number of hydrogen-bond donors (Lipinski definition) is 3. The Balaban J connectivity index is 1.25. The smallest absolute Gasteiger partial charge is 0.331 e. The van der Waals surface area contributed by atoms with Gasteiger partial charge in [0.2, 0.25) is 0 Å².